The number of ether oxygens (including phenoxy) is 2. The molecule has 7 nitrogen and oxygen atoms in total. The predicted octanol–water partition coefficient (Wildman–Crippen LogP) is -0.486. The lowest BCUT2D eigenvalue weighted by Gasteiger charge is -2.04. The lowest BCUT2D eigenvalue weighted by atomic mass is 10.6. The average Bonchev–Trinajstić information content (AvgIpc) is 2.21. The topological polar surface area (TPSA) is 97.2 Å². The number of aliphatic imine (C=N–C) groups is 1. The molecule has 0 fully saturated rings. The van der Waals surface area contributed by atoms with E-state index in [0.29, 0.717) is 6.61 Å². The number of hydrogen-bond donors (Lipinski definition) is 2. The second-order valence-corrected chi connectivity index (χ2v) is 2.45. The van der Waals surface area contributed by atoms with Crippen molar-refractivity contribution in [1.82, 2.24) is 5.32 Å². The Labute approximate surface area is 87.1 Å². The van der Waals surface area contributed by atoms with E-state index in [2.05, 4.69) is 17.0 Å². The molecule has 0 bridgehead atoms. The summed E-state index contributed by atoms with van der Waals surface area (Å²) in [6, 6.07) is 0. The Morgan fingerprint density at radius 2 is 1.93 bits per heavy atom. The van der Waals surface area contributed by atoms with Crippen molar-refractivity contribution in [3.05, 3.63) is 0 Å². The van der Waals surface area contributed by atoms with Gasteiger partial charge >= 0.3 is 6.09 Å². The van der Waals surface area contributed by atoms with Crippen LogP contribution in [0.5, 0.6) is 0 Å². The minimum absolute atomic E-state index is 0.111. The Morgan fingerprint density at radius 1 is 1.27 bits per heavy atom. The molecule has 0 aromatic rings. The van der Waals surface area contributed by atoms with Crippen LogP contribution in [0.25, 0.3) is 0 Å². The lowest BCUT2D eigenvalue weighted by molar-refractivity contribution is -0.122. The molecule has 0 aliphatic heterocycles. The minimum Gasteiger partial charge on any atom is -0.465 e. The highest BCUT2D eigenvalue weighted by Gasteiger charge is 1.97. The maximum absolute atomic E-state index is 10.6. The number of carbonyl (C=O) groups is 2. The molecule has 0 unspecified atom stereocenters. The van der Waals surface area contributed by atoms with E-state index in [1.54, 1.807) is 0 Å². The normalized spacial score (nSPS) is 9.60. The van der Waals surface area contributed by atoms with Gasteiger partial charge in [0.25, 0.3) is 5.91 Å². The molecule has 15 heavy (non-hydrogen) atoms. The number of carbonyl (C=O) groups excluding carboxylic acids is 1. The average molecular weight is 218 g/mol. The van der Waals surface area contributed by atoms with Crippen LogP contribution in [0.2, 0.25) is 0 Å². The molecule has 0 heterocycles. The van der Waals surface area contributed by atoms with Gasteiger partial charge in [-0.3, -0.25) is 4.79 Å². The van der Waals surface area contributed by atoms with Gasteiger partial charge in [0.1, 0.15) is 6.61 Å². The maximum Gasteiger partial charge on any atom is 0.404 e. The quantitative estimate of drug-likeness (QED) is 0.423. The number of nitrogens with one attached hydrogen (secondary N) is 1. The highest BCUT2D eigenvalue weighted by molar-refractivity contribution is 5.81. The molecule has 0 aliphatic carbocycles. The van der Waals surface area contributed by atoms with E-state index in [1.807, 2.05) is 0 Å². The van der Waals surface area contributed by atoms with Crippen molar-refractivity contribution in [3.8, 4) is 0 Å². The SMILES string of the molecule is C=NC(=O)COCCOCCNC(=O)O. The van der Waals surface area contributed by atoms with Gasteiger partial charge in [-0.05, 0) is 6.72 Å². The Morgan fingerprint density at radius 3 is 2.53 bits per heavy atom. The van der Waals surface area contributed by atoms with Crippen LogP contribution in [-0.4, -0.2) is 56.8 Å². The summed E-state index contributed by atoms with van der Waals surface area (Å²) in [7, 11) is 0. The van der Waals surface area contributed by atoms with E-state index in [4.69, 9.17) is 14.6 Å². The van der Waals surface area contributed by atoms with Gasteiger partial charge in [-0.25, -0.2) is 9.79 Å². The third kappa shape index (κ3) is 10.5. The van der Waals surface area contributed by atoms with Crippen LogP contribution in [0.15, 0.2) is 4.99 Å². The van der Waals surface area contributed by atoms with Crippen LogP contribution in [0, 0.1) is 0 Å². The summed E-state index contributed by atoms with van der Waals surface area (Å²) in [5.41, 5.74) is 0. The first kappa shape index (κ1) is 13.5. The fourth-order valence-electron chi connectivity index (χ4n) is 0.655. The molecule has 0 saturated heterocycles. The van der Waals surface area contributed by atoms with Crippen molar-refractivity contribution in [3.63, 3.8) is 0 Å². The molecule has 0 spiro atoms. The van der Waals surface area contributed by atoms with Crippen molar-refractivity contribution in [2.75, 3.05) is 33.0 Å². The van der Waals surface area contributed by atoms with E-state index < -0.39 is 12.0 Å². The summed E-state index contributed by atoms with van der Waals surface area (Å²) in [5.74, 6) is -0.428. The van der Waals surface area contributed by atoms with Crippen LogP contribution < -0.4 is 5.32 Å². The summed E-state index contributed by atoms with van der Waals surface area (Å²) >= 11 is 0. The summed E-state index contributed by atoms with van der Waals surface area (Å²) in [6.07, 6.45) is -1.09. The number of amides is 2. The van der Waals surface area contributed by atoms with Gasteiger partial charge in [-0.2, -0.15) is 0 Å². The lowest BCUT2D eigenvalue weighted by Crippen LogP contribution is -2.25. The molecule has 0 aliphatic rings. The van der Waals surface area contributed by atoms with Crippen LogP contribution in [-0.2, 0) is 14.3 Å². The van der Waals surface area contributed by atoms with Crippen molar-refractivity contribution < 1.29 is 24.2 Å². The van der Waals surface area contributed by atoms with Crippen LogP contribution in [0.1, 0.15) is 0 Å². The first-order valence-corrected chi connectivity index (χ1v) is 4.28. The largest absolute Gasteiger partial charge is 0.465 e. The van der Waals surface area contributed by atoms with E-state index in [0.717, 1.165) is 0 Å². The van der Waals surface area contributed by atoms with Gasteiger partial charge < -0.3 is 19.9 Å². The molecule has 86 valence electrons. The van der Waals surface area contributed by atoms with Crippen molar-refractivity contribution >= 4 is 18.7 Å². The van der Waals surface area contributed by atoms with E-state index in [1.165, 1.54) is 0 Å². The fourth-order valence-corrected chi connectivity index (χ4v) is 0.655. The van der Waals surface area contributed by atoms with E-state index in [-0.39, 0.29) is 26.4 Å². The summed E-state index contributed by atoms with van der Waals surface area (Å²) < 4.78 is 9.86. The van der Waals surface area contributed by atoms with Crippen molar-refractivity contribution in [1.29, 1.82) is 0 Å². The summed E-state index contributed by atoms with van der Waals surface area (Å²) in [6.45, 7) is 3.98. The maximum atomic E-state index is 10.6. The second-order valence-electron chi connectivity index (χ2n) is 2.45. The number of rotatable bonds is 8. The molecule has 7 heteroatoms. The van der Waals surface area contributed by atoms with Gasteiger partial charge in [0.2, 0.25) is 0 Å². The zero-order valence-electron chi connectivity index (χ0n) is 8.27. The standard InChI is InChI=1S/C8H14N2O5/c1-9-7(11)6-15-5-4-14-3-2-10-8(12)13/h10H,1-6H2,(H,12,13). The predicted molar refractivity (Wildman–Crippen MR) is 52.2 cm³/mol. The molecule has 0 rings (SSSR count). The number of nitrogens with zero attached hydrogens (tertiary/aromatic N) is 1. The van der Waals surface area contributed by atoms with Crippen LogP contribution in [0.3, 0.4) is 0 Å². The minimum atomic E-state index is -1.09. The zero-order chi connectivity index (χ0) is 11.5. The molecule has 2 amide bonds. The second kappa shape index (κ2) is 9.10. The Kier molecular flexibility index (Phi) is 8.21. The van der Waals surface area contributed by atoms with Crippen LogP contribution in [0.4, 0.5) is 4.79 Å². The highest BCUT2D eigenvalue weighted by atomic mass is 16.5. The third-order valence-corrected chi connectivity index (χ3v) is 1.30. The molecule has 0 saturated carbocycles. The monoisotopic (exact) mass is 218 g/mol. The highest BCUT2D eigenvalue weighted by Crippen LogP contribution is 1.80. The van der Waals surface area contributed by atoms with Gasteiger partial charge in [-0.15, -0.1) is 0 Å². The molecular formula is C8H14N2O5. The summed E-state index contributed by atoms with van der Waals surface area (Å²) in [4.78, 5) is 23.7. The smallest absolute Gasteiger partial charge is 0.404 e. The van der Waals surface area contributed by atoms with E-state index >= 15 is 0 Å². The van der Waals surface area contributed by atoms with Gasteiger partial charge in [-0.1, -0.05) is 0 Å². The first-order chi connectivity index (χ1) is 7.16. The Balaban J connectivity index is 3.08. The van der Waals surface area contributed by atoms with Gasteiger partial charge in [0, 0.05) is 6.54 Å². The molecule has 0 aromatic heterocycles. The van der Waals surface area contributed by atoms with Crippen molar-refractivity contribution in [2.24, 2.45) is 4.99 Å². The molecule has 0 atom stereocenters. The molecule has 0 radical (unpaired) electrons. The third-order valence-electron chi connectivity index (χ3n) is 1.30. The molecule has 0 aromatic carbocycles. The van der Waals surface area contributed by atoms with Crippen molar-refractivity contribution in [2.45, 2.75) is 0 Å². The van der Waals surface area contributed by atoms with Crippen LogP contribution >= 0.6 is 0 Å². The first-order valence-electron chi connectivity index (χ1n) is 4.28. The number of carboxylic acid groups (broad SMARTS) is 1. The van der Waals surface area contributed by atoms with E-state index in [9.17, 15) is 9.59 Å². The fraction of sp³-hybridized carbons (Fsp3) is 0.625. The molecular weight excluding hydrogens is 204 g/mol. The summed E-state index contributed by atoms with van der Waals surface area (Å²) in [5, 5.41) is 10.3. The Hall–Kier alpha value is -1.47. The Bertz CT molecular complexity index is 219. The molecule has 2 N–H and O–H groups in total. The van der Waals surface area contributed by atoms with Gasteiger partial charge in [0.05, 0.1) is 19.8 Å². The zero-order valence-corrected chi connectivity index (χ0v) is 8.27. The number of hydrogen-bond acceptors (Lipinski definition) is 4. The van der Waals surface area contributed by atoms with Gasteiger partial charge in [0.15, 0.2) is 0 Å².